The SMILES string of the molecule is CCCNC1C(SCC2CCCC2)CCC1(C)C. The quantitative estimate of drug-likeness (QED) is 0.763. The molecule has 0 aromatic heterocycles. The van der Waals surface area contributed by atoms with Gasteiger partial charge in [-0.1, -0.05) is 33.6 Å². The van der Waals surface area contributed by atoms with Crippen LogP contribution in [0.25, 0.3) is 0 Å². The van der Waals surface area contributed by atoms with Crippen LogP contribution in [0.1, 0.15) is 65.7 Å². The Morgan fingerprint density at radius 2 is 1.89 bits per heavy atom. The Balaban J connectivity index is 1.81. The molecule has 2 atom stereocenters. The first-order chi connectivity index (χ1) is 8.63. The van der Waals surface area contributed by atoms with Crippen LogP contribution in [0.5, 0.6) is 0 Å². The van der Waals surface area contributed by atoms with Gasteiger partial charge in [-0.2, -0.15) is 11.8 Å². The second-order valence-electron chi connectivity index (χ2n) is 6.98. The highest BCUT2D eigenvalue weighted by Gasteiger charge is 2.41. The number of hydrogen-bond donors (Lipinski definition) is 1. The maximum Gasteiger partial charge on any atom is 0.0237 e. The smallest absolute Gasteiger partial charge is 0.0237 e. The number of nitrogens with one attached hydrogen (secondary N) is 1. The van der Waals surface area contributed by atoms with Crippen LogP contribution in [0.15, 0.2) is 0 Å². The molecular formula is C16H31NS. The van der Waals surface area contributed by atoms with Gasteiger partial charge in [-0.3, -0.25) is 0 Å². The first-order valence-corrected chi connectivity index (χ1v) is 9.03. The van der Waals surface area contributed by atoms with E-state index < -0.39 is 0 Å². The largest absolute Gasteiger partial charge is 0.312 e. The molecule has 0 heterocycles. The molecule has 2 aliphatic rings. The van der Waals surface area contributed by atoms with Crippen LogP contribution in [-0.4, -0.2) is 23.6 Å². The molecule has 18 heavy (non-hydrogen) atoms. The first-order valence-electron chi connectivity index (χ1n) is 7.98. The first kappa shape index (κ1) is 14.7. The van der Waals surface area contributed by atoms with Gasteiger partial charge in [0.15, 0.2) is 0 Å². The summed E-state index contributed by atoms with van der Waals surface area (Å²) in [6, 6.07) is 0.740. The molecule has 0 aromatic carbocycles. The third-order valence-electron chi connectivity index (χ3n) is 4.92. The van der Waals surface area contributed by atoms with Gasteiger partial charge in [-0.05, 0) is 55.7 Å². The summed E-state index contributed by atoms with van der Waals surface area (Å²) in [5.41, 5.74) is 0.502. The average Bonchev–Trinajstić information content (AvgIpc) is 2.92. The summed E-state index contributed by atoms with van der Waals surface area (Å²) in [7, 11) is 0. The maximum absolute atomic E-state index is 3.83. The third kappa shape index (κ3) is 3.66. The molecule has 2 unspecified atom stereocenters. The molecule has 0 aromatic rings. The lowest BCUT2D eigenvalue weighted by atomic mass is 9.87. The van der Waals surface area contributed by atoms with E-state index in [4.69, 9.17) is 0 Å². The van der Waals surface area contributed by atoms with Crippen molar-refractivity contribution in [1.82, 2.24) is 5.32 Å². The van der Waals surface area contributed by atoms with Crippen molar-refractivity contribution in [3.63, 3.8) is 0 Å². The molecular weight excluding hydrogens is 238 g/mol. The van der Waals surface area contributed by atoms with E-state index in [1.54, 1.807) is 0 Å². The monoisotopic (exact) mass is 269 g/mol. The average molecular weight is 269 g/mol. The molecule has 0 bridgehead atoms. The Kier molecular flexibility index (Phi) is 5.44. The fourth-order valence-corrected chi connectivity index (χ4v) is 5.46. The van der Waals surface area contributed by atoms with E-state index in [-0.39, 0.29) is 0 Å². The standard InChI is InChI=1S/C16H31NS/c1-4-11-17-15-14(9-10-16(15,2)3)18-12-13-7-5-6-8-13/h13-15,17H,4-12H2,1-3H3. The topological polar surface area (TPSA) is 12.0 Å². The lowest BCUT2D eigenvalue weighted by Gasteiger charge is -2.32. The van der Waals surface area contributed by atoms with Gasteiger partial charge in [0.05, 0.1) is 0 Å². The van der Waals surface area contributed by atoms with Crippen molar-refractivity contribution in [2.45, 2.75) is 77.0 Å². The predicted octanol–water partition coefficient (Wildman–Crippen LogP) is 4.47. The third-order valence-corrected chi connectivity index (χ3v) is 6.52. The van der Waals surface area contributed by atoms with Crippen molar-refractivity contribution in [2.24, 2.45) is 11.3 Å². The lowest BCUT2D eigenvalue weighted by Crippen LogP contribution is -2.44. The van der Waals surface area contributed by atoms with Crippen LogP contribution in [0.2, 0.25) is 0 Å². The normalized spacial score (nSPS) is 32.2. The zero-order valence-electron chi connectivity index (χ0n) is 12.5. The minimum absolute atomic E-state index is 0.502. The summed E-state index contributed by atoms with van der Waals surface area (Å²) in [4.78, 5) is 0. The zero-order chi connectivity index (χ0) is 13.0. The minimum atomic E-state index is 0.502. The molecule has 0 aliphatic heterocycles. The molecule has 2 fully saturated rings. The molecule has 2 saturated carbocycles. The van der Waals surface area contributed by atoms with Crippen molar-refractivity contribution in [3.05, 3.63) is 0 Å². The molecule has 2 rings (SSSR count). The fourth-order valence-electron chi connectivity index (χ4n) is 3.66. The van der Waals surface area contributed by atoms with Crippen LogP contribution in [0.4, 0.5) is 0 Å². The summed E-state index contributed by atoms with van der Waals surface area (Å²) in [5.74, 6) is 2.45. The number of rotatable bonds is 6. The van der Waals surface area contributed by atoms with Gasteiger partial charge in [0, 0.05) is 11.3 Å². The van der Waals surface area contributed by atoms with E-state index in [1.165, 1.54) is 57.2 Å². The number of hydrogen-bond acceptors (Lipinski definition) is 2. The van der Waals surface area contributed by atoms with Crippen molar-refractivity contribution >= 4 is 11.8 Å². The Bertz CT molecular complexity index is 245. The Morgan fingerprint density at radius 3 is 2.56 bits per heavy atom. The van der Waals surface area contributed by atoms with Gasteiger partial charge >= 0.3 is 0 Å². The van der Waals surface area contributed by atoms with E-state index in [1.807, 2.05) is 0 Å². The minimum Gasteiger partial charge on any atom is -0.312 e. The molecule has 0 saturated heterocycles. The highest BCUT2D eigenvalue weighted by Crippen LogP contribution is 2.44. The molecule has 0 amide bonds. The molecule has 0 spiro atoms. The summed E-state index contributed by atoms with van der Waals surface area (Å²) in [5, 5.41) is 4.69. The Morgan fingerprint density at radius 1 is 1.17 bits per heavy atom. The zero-order valence-corrected chi connectivity index (χ0v) is 13.3. The summed E-state index contributed by atoms with van der Waals surface area (Å²) >= 11 is 2.28. The van der Waals surface area contributed by atoms with Crippen molar-refractivity contribution < 1.29 is 0 Å². The van der Waals surface area contributed by atoms with Gasteiger partial charge in [-0.25, -0.2) is 0 Å². The van der Waals surface area contributed by atoms with Gasteiger partial charge in [-0.15, -0.1) is 0 Å². The summed E-state index contributed by atoms with van der Waals surface area (Å²) in [6.45, 7) is 8.37. The molecule has 2 aliphatic carbocycles. The van der Waals surface area contributed by atoms with Gasteiger partial charge < -0.3 is 5.32 Å². The molecule has 106 valence electrons. The number of thioether (sulfide) groups is 1. The second kappa shape index (κ2) is 6.65. The molecule has 2 heteroatoms. The van der Waals surface area contributed by atoms with Crippen LogP contribution in [0, 0.1) is 11.3 Å². The highest BCUT2D eigenvalue weighted by atomic mass is 32.2. The van der Waals surface area contributed by atoms with Gasteiger partial charge in [0.2, 0.25) is 0 Å². The van der Waals surface area contributed by atoms with Crippen LogP contribution >= 0.6 is 11.8 Å². The predicted molar refractivity (Wildman–Crippen MR) is 83.3 cm³/mol. The molecule has 1 nitrogen and oxygen atoms in total. The lowest BCUT2D eigenvalue weighted by molar-refractivity contribution is 0.287. The van der Waals surface area contributed by atoms with Crippen LogP contribution in [0.3, 0.4) is 0 Å². The fraction of sp³-hybridized carbons (Fsp3) is 1.00. The van der Waals surface area contributed by atoms with Gasteiger partial charge in [0.25, 0.3) is 0 Å². The van der Waals surface area contributed by atoms with E-state index in [0.717, 1.165) is 17.2 Å². The molecule has 0 radical (unpaired) electrons. The molecule has 1 N–H and O–H groups in total. The van der Waals surface area contributed by atoms with E-state index in [9.17, 15) is 0 Å². The Hall–Kier alpha value is 0.310. The summed E-state index contributed by atoms with van der Waals surface area (Å²) in [6.07, 6.45) is 10.0. The highest BCUT2D eigenvalue weighted by molar-refractivity contribution is 8.00. The van der Waals surface area contributed by atoms with Gasteiger partial charge in [0.1, 0.15) is 0 Å². The van der Waals surface area contributed by atoms with E-state index in [0.29, 0.717) is 5.41 Å². The van der Waals surface area contributed by atoms with Crippen molar-refractivity contribution in [3.8, 4) is 0 Å². The van der Waals surface area contributed by atoms with Crippen LogP contribution in [-0.2, 0) is 0 Å². The van der Waals surface area contributed by atoms with Crippen LogP contribution < -0.4 is 5.32 Å². The second-order valence-corrected chi connectivity index (χ2v) is 8.25. The maximum atomic E-state index is 3.83. The van der Waals surface area contributed by atoms with E-state index in [2.05, 4.69) is 37.8 Å². The summed E-state index contributed by atoms with van der Waals surface area (Å²) < 4.78 is 0. The van der Waals surface area contributed by atoms with Crippen molar-refractivity contribution in [2.75, 3.05) is 12.3 Å². The Labute approximate surface area is 118 Å². The van der Waals surface area contributed by atoms with Crippen molar-refractivity contribution in [1.29, 1.82) is 0 Å². The van der Waals surface area contributed by atoms with E-state index >= 15 is 0 Å².